The van der Waals surface area contributed by atoms with Crippen molar-refractivity contribution in [3.05, 3.63) is 64.1 Å². The molecule has 1 fully saturated rings. The smallest absolute Gasteiger partial charge is 0.254 e. The SMILES string of the molecule is Cc1ccc(C(=O)N2CCN(c3ccc(Br)cc3)C(=O)C2C)cc1. The number of amides is 2. The van der Waals surface area contributed by atoms with E-state index in [4.69, 9.17) is 0 Å². The van der Waals surface area contributed by atoms with Gasteiger partial charge in [0.1, 0.15) is 6.04 Å². The largest absolute Gasteiger partial charge is 0.325 e. The maximum Gasteiger partial charge on any atom is 0.254 e. The van der Waals surface area contributed by atoms with Crippen molar-refractivity contribution in [1.29, 1.82) is 0 Å². The number of benzene rings is 2. The Morgan fingerprint density at radius 3 is 2.29 bits per heavy atom. The first kappa shape index (κ1) is 16.7. The van der Waals surface area contributed by atoms with Crippen molar-refractivity contribution in [2.45, 2.75) is 19.9 Å². The second-order valence-corrected chi connectivity index (χ2v) is 6.92. The number of piperazine rings is 1. The first-order chi connectivity index (χ1) is 11.5. The summed E-state index contributed by atoms with van der Waals surface area (Å²) in [5.74, 6) is -0.143. The van der Waals surface area contributed by atoms with Crippen LogP contribution < -0.4 is 4.90 Å². The van der Waals surface area contributed by atoms with Crippen LogP contribution in [-0.2, 0) is 4.79 Å². The van der Waals surface area contributed by atoms with Crippen molar-refractivity contribution in [2.24, 2.45) is 0 Å². The van der Waals surface area contributed by atoms with Crippen LogP contribution in [0.5, 0.6) is 0 Å². The number of anilines is 1. The number of hydrogen-bond acceptors (Lipinski definition) is 2. The summed E-state index contributed by atoms with van der Waals surface area (Å²) in [4.78, 5) is 28.8. The van der Waals surface area contributed by atoms with Crippen molar-refractivity contribution in [3.8, 4) is 0 Å². The molecule has 1 unspecified atom stereocenters. The van der Waals surface area contributed by atoms with E-state index in [1.165, 1.54) is 0 Å². The van der Waals surface area contributed by atoms with Crippen LogP contribution >= 0.6 is 15.9 Å². The zero-order chi connectivity index (χ0) is 17.3. The average molecular weight is 387 g/mol. The van der Waals surface area contributed by atoms with Gasteiger partial charge in [0.2, 0.25) is 5.91 Å². The Bertz CT molecular complexity index is 756. The van der Waals surface area contributed by atoms with E-state index in [-0.39, 0.29) is 11.8 Å². The summed E-state index contributed by atoms with van der Waals surface area (Å²) in [5.41, 5.74) is 2.59. The topological polar surface area (TPSA) is 40.6 Å². The van der Waals surface area contributed by atoms with E-state index in [0.29, 0.717) is 18.7 Å². The fourth-order valence-electron chi connectivity index (χ4n) is 2.89. The lowest BCUT2D eigenvalue weighted by Gasteiger charge is -2.39. The van der Waals surface area contributed by atoms with Crippen LogP contribution in [0.2, 0.25) is 0 Å². The first-order valence-electron chi connectivity index (χ1n) is 7.92. The maximum atomic E-state index is 12.7. The molecular formula is C19H19BrN2O2. The Labute approximate surface area is 150 Å². The molecule has 1 aliphatic rings. The third kappa shape index (κ3) is 3.22. The van der Waals surface area contributed by atoms with Crippen LogP contribution in [0.3, 0.4) is 0 Å². The molecule has 0 aromatic heterocycles. The lowest BCUT2D eigenvalue weighted by molar-refractivity contribution is -0.124. The highest BCUT2D eigenvalue weighted by molar-refractivity contribution is 9.10. The van der Waals surface area contributed by atoms with Crippen molar-refractivity contribution in [2.75, 3.05) is 18.0 Å². The summed E-state index contributed by atoms with van der Waals surface area (Å²) in [6.45, 7) is 4.80. The van der Waals surface area contributed by atoms with E-state index in [0.717, 1.165) is 15.7 Å². The number of aryl methyl sites for hydroxylation is 1. The van der Waals surface area contributed by atoms with Crippen LogP contribution in [0.4, 0.5) is 5.69 Å². The molecule has 2 aromatic rings. The van der Waals surface area contributed by atoms with E-state index >= 15 is 0 Å². The standard InChI is InChI=1S/C19H19BrN2O2/c1-13-3-5-15(6-4-13)19(24)21-11-12-22(18(23)14(21)2)17-9-7-16(20)8-10-17/h3-10,14H,11-12H2,1-2H3. The minimum absolute atomic E-state index is 0.0518. The monoisotopic (exact) mass is 386 g/mol. The summed E-state index contributed by atoms with van der Waals surface area (Å²) >= 11 is 3.40. The van der Waals surface area contributed by atoms with Crippen molar-refractivity contribution >= 4 is 33.4 Å². The Morgan fingerprint density at radius 1 is 1.04 bits per heavy atom. The fraction of sp³-hybridized carbons (Fsp3) is 0.263. The third-order valence-corrected chi connectivity index (χ3v) is 4.88. The van der Waals surface area contributed by atoms with Gasteiger partial charge >= 0.3 is 0 Å². The molecule has 24 heavy (non-hydrogen) atoms. The van der Waals surface area contributed by atoms with Gasteiger partial charge < -0.3 is 9.80 Å². The van der Waals surface area contributed by atoms with Crippen LogP contribution in [-0.4, -0.2) is 35.8 Å². The Kier molecular flexibility index (Phi) is 4.71. The van der Waals surface area contributed by atoms with Gasteiger partial charge in [-0.2, -0.15) is 0 Å². The summed E-state index contributed by atoms with van der Waals surface area (Å²) in [6, 6.07) is 14.6. The first-order valence-corrected chi connectivity index (χ1v) is 8.71. The lowest BCUT2D eigenvalue weighted by Crippen LogP contribution is -2.57. The minimum Gasteiger partial charge on any atom is -0.325 e. The molecule has 1 saturated heterocycles. The Balaban J connectivity index is 1.78. The molecule has 1 aliphatic heterocycles. The second kappa shape index (κ2) is 6.77. The van der Waals surface area contributed by atoms with Crippen molar-refractivity contribution in [3.63, 3.8) is 0 Å². The van der Waals surface area contributed by atoms with Gasteiger partial charge in [-0.25, -0.2) is 0 Å². The predicted octanol–water partition coefficient (Wildman–Crippen LogP) is 3.64. The fourth-order valence-corrected chi connectivity index (χ4v) is 3.15. The molecular weight excluding hydrogens is 368 g/mol. The van der Waals surface area contributed by atoms with Gasteiger partial charge in [0.25, 0.3) is 5.91 Å². The highest BCUT2D eigenvalue weighted by Crippen LogP contribution is 2.23. The third-order valence-electron chi connectivity index (χ3n) is 4.35. The minimum atomic E-state index is -0.476. The van der Waals surface area contributed by atoms with Gasteiger partial charge in [0, 0.05) is 28.8 Å². The van der Waals surface area contributed by atoms with Crippen LogP contribution in [0, 0.1) is 6.92 Å². The number of carbonyl (C=O) groups is 2. The summed E-state index contributed by atoms with van der Waals surface area (Å²) in [7, 11) is 0. The number of hydrogen-bond donors (Lipinski definition) is 0. The number of rotatable bonds is 2. The normalized spacial score (nSPS) is 18.0. The predicted molar refractivity (Wildman–Crippen MR) is 98.2 cm³/mol. The molecule has 2 amide bonds. The van der Waals surface area contributed by atoms with Gasteiger partial charge in [0.05, 0.1) is 0 Å². The molecule has 0 aliphatic carbocycles. The number of halogens is 1. The molecule has 0 N–H and O–H groups in total. The second-order valence-electron chi connectivity index (χ2n) is 6.01. The molecule has 0 spiro atoms. The highest BCUT2D eigenvalue weighted by Gasteiger charge is 2.35. The molecule has 3 rings (SSSR count). The average Bonchev–Trinajstić information content (AvgIpc) is 2.58. The molecule has 0 saturated carbocycles. The molecule has 1 heterocycles. The van der Waals surface area contributed by atoms with Crippen LogP contribution in [0.15, 0.2) is 53.0 Å². The van der Waals surface area contributed by atoms with E-state index < -0.39 is 6.04 Å². The molecule has 5 heteroatoms. The molecule has 0 radical (unpaired) electrons. The zero-order valence-corrected chi connectivity index (χ0v) is 15.3. The number of carbonyl (C=O) groups excluding carboxylic acids is 2. The molecule has 2 aromatic carbocycles. The van der Waals surface area contributed by atoms with Gasteiger partial charge in [-0.15, -0.1) is 0 Å². The lowest BCUT2D eigenvalue weighted by atomic mass is 10.1. The summed E-state index contributed by atoms with van der Waals surface area (Å²) in [6.07, 6.45) is 0. The maximum absolute atomic E-state index is 12.7. The van der Waals surface area contributed by atoms with Gasteiger partial charge in [-0.3, -0.25) is 9.59 Å². The molecule has 1 atom stereocenters. The van der Waals surface area contributed by atoms with Crippen LogP contribution in [0.1, 0.15) is 22.8 Å². The highest BCUT2D eigenvalue weighted by atomic mass is 79.9. The number of nitrogens with zero attached hydrogens (tertiary/aromatic N) is 2. The Morgan fingerprint density at radius 2 is 1.67 bits per heavy atom. The van der Waals surface area contributed by atoms with E-state index in [2.05, 4.69) is 15.9 Å². The Hall–Kier alpha value is -2.14. The van der Waals surface area contributed by atoms with Crippen molar-refractivity contribution < 1.29 is 9.59 Å². The van der Waals surface area contributed by atoms with E-state index in [9.17, 15) is 9.59 Å². The van der Waals surface area contributed by atoms with Gasteiger partial charge in [-0.1, -0.05) is 33.6 Å². The molecule has 124 valence electrons. The van der Waals surface area contributed by atoms with Gasteiger partial charge in [0.15, 0.2) is 0 Å². The quantitative estimate of drug-likeness (QED) is 0.790. The van der Waals surface area contributed by atoms with Gasteiger partial charge in [-0.05, 0) is 50.2 Å². The van der Waals surface area contributed by atoms with E-state index in [1.54, 1.807) is 16.7 Å². The zero-order valence-electron chi connectivity index (χ0n) is 13.7. The van der Waals surface area contributed by atoms with E-state index in [1.807, 2.05) is 55.5 Å². The summed E-state index contributed by atoms with van der Waals surface area (Å²) in [5, 5.41) is 0. The molecule has 0 bridgehead atoms. The summed E-state index contributed by atoms with van der Waals surface area (Å²) < 4.78 is 0.972. The van der Waals surface area contributed by atoms with Crippen molar-refractivity contribution in [1.82, 2.24) is 4.90 Å². The molecule has 4 nitrogen and oxygen atoms in total. The van der Waals surface area contributed by atoms with Crippen LogP contribution in [0.25, 0.3) is 0 Å².